The highest BCUT2D eigenvalue weighted by molar-refractivity contribution is 5.46. The molecule has 0 aliphatic carbocycles. The minimum atomic E-state index is 0.450. The summed E-state index contributed by atoms with van der Waals surface area (Å²) in [6.07, 6.45) is 4.06. The van der Waals surface area contributed by atoms with Gasteiger partial charge in [0, 0.05) is 12.4 Å². The topological polar surface area (TPSA) is 77.6 Å². The second-order valence-corrected chi connectivity index (χ2v) is 4.11. The van der Waals surface area contributed by atoms with Gasteiger partial charge in [0.15, 0.2) is 0 Å². The van der Waals surface area contributed by atoms with E-state index in [1.54, 1.807) is 12.4 Å². The molecule has 6 heteroatoms. The average Bonchev–Trinajstić information content (AvgIpc) is 2.89. The highest BCUT2D eigenvalue weighted by atomic mass is 16.5. The zero-order valence-corrected chi connectivity index (χ0v) is 10.3. The summed E-state index contributed by atoms with van der Waals surface area (Å²) in [4.78, 5) is 8.34. The first-order valence-corrected chi connectivity index (χ1v) is 5.83. The molecule has 0 N–H and O–H groups in total. The Bertz CT molecular complexity index is 663. The van der Waals surface area contributed by atoms with Crippen molar-refractivity contribution in [3.05, 3.63) is 53.8 Å². The molecule has 0 radical (unpaired) electrons. The van der Waals surface area contributed by atoms with Crippen LogP contribution in [0.25, 0.3) is 11.5 Å². The lowest BCUT2D eigenvalue weighted by molar-refractivity contribution is 0.385. The lowest BCUT2D eigenvalue weighted by Crippen LogP contribution is -1.92. The van der Waals surface area contributed by atoms with E-state index in [0.717, 1.165) is 11.3 Å². The van der Waals surface area contributed by atoms with Crippen LogP contribution >= 0.6 is 0 Å². The quantitative estimate of drug-likeness (QED) is 0.708. The van der Waals surface area contributed by atoms with Gasteiger partial charge in [-0.3, -0.25) is 4.98 Å². The number of hydrogen-bond donors (Lipinski definition) is 0. The van der Waals surface area contributed by atoms with Gasteiger partial charge in [-0.25, -0.2) is 0 Å². The molecule has 3 aromatic heterocycles. The van der Waals surface area contributed by atoms with E-state index in [0.29, 0.717) is 23.8 Å². The third-order valence-corrected chi connectivity index (χ3v) is 2.57. The van der Waals surface area contributed by atoms with Gasteiger partial charge in [-0.15, -0.1) is 5.10 Å². The fraction of sp³-hybridized carbons (Fsp3) is 0.154. The van der Waals surface area contributed by atoms with Crippen molar-refractivity contribution in [3.8, 4) is 11.5 Å². The molecule has 0 aromatic carbocycles. The van der Waals surface area contributed by atoms with Crippen LogP contribution < -0.4 is 0 Å². The first kappa shape index (κ1) is 11.5. The second kappa shape index (κ2) is 4.93. The first-order valence-electron chi connectivity index (χ1n) is 5.83. The molecular weight excluding hydrogens is 242 g/mol. The summed E-state index contributed by atoms with van der Waals surface area (Å²) >= 11 is 0. The molecule has 0 amide bonds. The fourth-order valence-corrected chi connectivity index (χ4v) is 1.63. The Morgan fingerprint density at radius 1 is 1.16 bits per heavy atom. The lowest BCUT2D eigenvalue weighted by Gasteiger charge is -1.93. The number of aromatic nitrogens is 5. The van der Waals surface area contributed by atoms with Crippen molar-refractivity contribution >= 4 is 0 Å². The van der Waals surface area contributed by atoms with Crippen LogP contribution in [-0.2, 0) is 6.42 Å². The normalized spacial score (nSPS) is 10.6. The van der Waals surface area contributed by atoms with Crippen LogP contribution in [0, 0.1) is 6.92 Å². The van der Waals surface area contributed by atoms with Crippen molar-refractivity contribution < 1.29 is 4.52 Å². The molecule has 19 heavy (non-hydrogen) atoms. The molecule has 0 saturated heterocycles. The summed E-state index contributed by atoms with van der Waals surface area (Å²) in [6.45, 7) is 1.88. The van der Waals surface area contributed by atoms with Crippen molar-refractivity contribution in [3.63, 3.8) is 0 Å². The van der Waals surface area contributed by atoms with Crippen molar-refractivity contribution in [2.45, 2.75) is 13.3 Å². The van der Waals surface area contributed by atoms with E-state index >= 15 is 0 Å². The number of nitrogens with zero attached hydrogens (tertiary/aromatic N) is 5. The van der Waals surface area contributed by atoms with Gasteiger partial charge in [-0.05, 0) is 30.7 Å². The zero-order chi connectivity index (χ0) is 13.1. The molecule has 0 unspecified atom stereocenters. The Morgan fingerprint density at radius 3 is 2.84 bits per heavy atom. The first-order chi connectivity index (χ1) is 9.31. The van der Waals surface area contributed by atoms with Gasteiger partial charge in [0.2, 0.25) is 11.7 Å². The molecule has 3 aromatic rings. The Hall–Kier alpha value is -2.63. The van der Waals surface area contributed by atoms with Crippen molar-refractivity contribution in [2.75, 3.05) is 0 Å². The van der Waals surface area contributed by atoms with E-state index in [2.05, 4.69) is 25.3 Å². The molecule has 6 nitrogen and oxygen atoms in total. The minimum Gasteiger partial charge on any atom is -0.339 e. The van der Waals surface area contributed by atoms with E-state index in [1.165, 1.54) is 0 Å². The minimum absolute atomic E-state index is 0.450. The third kappa shape index (κ3) is 2.62. The van der Waals surface area contributed by atoms with Gasteiger partial charge in [0.1, 0.15) is 5.69 Å². The maximum atomic E-state index is 5.20. The van der Waals surface area contributed by atoms with E-state index in [-0.39, 0.29) is 0 Å². The van der Waals surface area contributed by atoms with Crippen molar-refractivity contribution in [2.24, 2.45) is 0 Å². The summed E-state index contributed by atoms with van der Waals surface area (Å²) < 4.78 is 5.20. The summed E-state index contributed by atoms with van der Waals surface area (Å²) in [6, 6.07) is 7.52. The maximum absolute atomic E-state index is 5.20. The Morgan fingerprint density at radius 2 is 2.11 bits per heavy atom. The number of hydrogen-bond acceptors (Lipinski definition) is 6. The van der Waals surface area contributed by atoms with E-state index in [1.807, 2.05) is 31.2 Å². The average molecular weight is 253 g/mol. The molecule has 0 aliphatic heterocycles. The fourth-order valence-electron chi connectivity index (χ4n) is 1.63. The highest BCUT2D eigenvalue weighted by Gasteiger charge is 2.10. The third-order valence-electron chi connectivity index (χ3n) is 2.57. The Kier molecular flexibility index (Phi) is 2.97. The zero-order valence-electron chi connectivity index (χ0n) is 10.3. The van der Waals surface area contributed by atoms with Gasteiger partial charge < -0.3 is 4.52 Å². The predicted molar refractivity (Wildman–Crippen MR) is 67.1 cm³/mol. The molecule has 0 atom stereocenters. The second-order valence-electron chi connectivity index (χ2n) is 4.11. The standard InChI is InChI=1S/C13H11N5O/c1-9-4-5-11(17-16-9)13-15-12(19-18-13)7-10-3-2-6-14-8-10/h2-6,8H,7H2,1H3. The number of rotatable bonds is 3. The predicted octanol–water partition coefficient (Wildman–Crippen LogP) is 1.82. The van der Waals surface area contributed by atoms with Crippen LogP contribution in [-0.4, -0.2) is 25.3 Å². The van der Waals surface area contributed by atoms with Crippen LogP contribution in [0.5, 0.6) is 0 Å². The largest absolute Gasteiger partial charge is 0.339 e. The van der Waals surface area contributed by atoms with Crippen LogP contribution in [0.4, 0.5) is 0 Å². The molecule has 0 bridgehead atoms. The van der Waals surface area contributed by atoms with Crippen LogP contribution in [0.15, 0.2) is 41.2 Å². The summed E-state index contributed by atoms with van der Waals surface area (Å²) in [7, 11) is 0. The van der Waals surface area contributed by atoms with Gasteiger partial charge in [-0.1, -0.05) is 11.2 Å². The molecule has 0 saturated carbocycles. The Labute approximate surface area is 109 Å². The molecule has 0 aliphatic rings. The van der Waals surface area contributed by atoms with E-state index in [4.69, 9.17) is 4.52 Å². The van der Waals surface area contributed by atoms with Gasteiger partial charge in [0.25, 0.3) is 0 Å². The highest BCUT2D eigenvalue weighted by Crippen LogP contribution is 2.13. The molecule has 0 spiro atoms. The van der Waals surface area contributed by atoms with Crippen LogP contribution in [0.2, 0.25) is 0 Å². The monoisotopic (exact) mass is 253 g/mol. The molecule has 94 valence electrons. The van der Waals surface area contributed by atoms with Gasteiger partial charge in [0.05, 0.1) is 12.1 Å². The summed E-state index contributed by atoms with van der Waals surface area (Å²) in [5.41, 5.74) is 2.47. The van der Waals surface area contributed by atoms with Gasteiger partial charge >= 0.3 is 0 Å². The maximum Gasteiger partial charge on any atom is 0.231 e. The van der Waals surface area contributed by atoms with Crippen molar-refractivity contribution in [1.29, 1.82) is 0 Å². The molecule has 3 heterocycles. The Balaban J connectivity index is 1.82. The van der Waals surface area contributed by atoms with Crippen molar-refractivity contribution in [1.82, 2.24) is 25.3 Å². The lowest BCUT2D eigenvalue weighted by atomic mass is 10.2. The number of aryl methyl sites for hydroxylation is 1. The molecular formula is C13H11N5O. The molecule has 0 fully saturated rings. The summed E-state index contributed by atoms with van der Waals surface area (Å²) in [5, 5.41) is 11.9. The SMILES string of the molecule is Cc1ccc(-c2noc(Cc3cccnc3)n2)nn1. The smallest absolute Gasteiger partial charge is 0.231 e. The van der Waals surface area contributed by atoms with Crippen LogP contribution in [0.1, 0.15) is 17.1 Å². The van der Waals surface area contributed by atoms with Gasteiger partial charge in [-0.2, -0.15) is 10.1 Å². The summed E-state index contributed by atoms with van der Waals surface area (Å²) in [5.74, 6) is 0.983. The van der Waals surface area contributed by atoms with Crippen LogP contribution in [0.3, 0.4) is 0 Å². The van der Waals surface area contributed by atoms with E-state index in [9.17, 15) is 0 Å². The molecule has 3 rings (SSSR count). The number of pyridine rings is 1. The van der Waals surface area contributed by atoms with E-state index < -0.39 is 0 Å².